The number of amides is 2. The highest BCUT2D eigenvalue weighted by atomic mass is 35.5. The fourth-order valence-electron chi connectivity index (χ4n) is 2.84. The number of nitrogens with two attached hydrogens (primary N) is 1. The molecule has 1 aliphatic heterocycles. The third-order valence-corrected chi connectivity index (χ3v) is 5.83. The van der Waals surface area contributed by atoms with Crippen LogP contribution in [0.1, 0.15) is 11.5 Å². The van der Waals surface area contributed by atoms with E-state index in [0.29, 0.717) is 5.56 Å². The Balaban J connectivity index is 1.98. The Morgan fingerprint density at radius 3 is 2.33 bits per heavy atom. The van der Waals surface area contributed by atoms with Crippen LogP contribution in [0.4, 0.5) is 16.2 Å². The second-order valence-corrected chi connectivity index (χ2v) is 8.39. The molecule has 1 aliphatic rings. The summed E-state index contributed by atoms with van der Waals surface area (Å²) in [6, 6.07) is 8.06. The minimum atomic E-state index is -4.01. The average Bonchev–Trinajstić information content (AvgIpc) is 2.92. The van der Waals surface area contributed by atoms with E-state index in [4.69, 9.17) is 28.9 Å². The molecular weight excluding hydrogens is 417 g/mol. The molecule has 1 heterocycles. The Morgan fingerprint density at radius 2 is 1.78 bits per heavy atom. The molecule has 0 saturated carbocycles. The first-order chi connectivity index (χ1) is 12.6. The van der Waals surface area contributed by atoms with Crippen molar-refractivity contribution < 1.29 is 23.1 Å². The van der Waals surface area contributed by atoms with Gasteiger partial charge in [-0.1, -0.05) is 23.2 Å². The molecular formula is C16H13Cl2N3O5S. The molecule has 27 heavy (non-hydrogen) atoms. The predicted molar refractivity (Wildman–Crippen MR) is 101 cm³/mol. The van der Waals surface area contributed by atoms with E-state index >= 15 is 0 Å². The van der Waals surface area contributed by atoms with Gasteiger partial charge in [-0.3, -0.25) is 14.4 Å². The van der Waals surface area contributed by atoms with Crippen LogP contribution in [-0.2, 0) is 14.8 Å². The van der Waals surface area contributed by atoms with Crippen molar-refractivity contribution in [2.24, 2.45) is 5.73 Å². The summed E-state index contributed by atoms with van der Waals surface area (Å²) in [5.74, 6) is -1.58. The average molecular weight is 430 g/mol. The number of carbonyl (C=O) groups is 2. The highest BCUT2D eigenvalue weighted by Gasteiger charge is 2.36. The molecule has 1 unspecified atom stereocenters. The van der Waals surface area contributed by atoms with Gasteiger partial charge in [0.15, 0.2) is 0 Å². The minimum absolute atomic E-state index is 0.125. The van der Waals surface area contributed by atoms with Gasteiger partial charge in [-0.15, -0.1) is 0 Å². The Bertz CT molecular complexity index is 1040. The summed E-state index contributed by atoms with van der Waals surface area (Å²) in [7, 11) is -4.01. The zero-order valence-electron chi connectivity index (χ0n) is 13.5. The number of halogens is 2. The Kier molecular flexibility index (Phi) is 4.94. The van der Waals surface area contributed by atoms with Gasteiger partial charge in [0.2, 0.25) is 5.91 Å². The molecule has 2 aromatic carbocycles. The Morgan fingerprint density at radius 1 is 1.15 bits per heavy atom. The number of carbonyl (C=O) groups excluding carboxylic acids is 1. The van der Waals surface area contributed by atoms with Crippen LogP contribution >= 0.6 is 23.2 Å². The van der Waals surface area contributed by atoms with Crippen LogP contribution in [-0.4, -0.2) is 32.1 Å². The molecule has 142 valence electrons. The number of sulfonamides is 1. The fourth-order valence-corrected chi connectivity index (χ4v) is 4.62. The lowest BCUT2D eigenvalue weighted by molar-refractivity contribution is -0.119. The number of hydrogen-bond acceptors (Lipinski definition) is 4. The predicted octanol–water partition coefficient (Wildman–Crippen LogP) is 2.86. The van der Waals surface area contributed by atoms with Gasteiger partial charge in [0.25, 0.3) is 10.0 Å². The maximum atomic E-state index is 12.6. The number of rotatable bonds is 4. The van der Waals surface area contributed by atoms with Gasteiger partial charge in [-0.05, 0) is 42.0 Å². The third kappa shape index (κ3) is 3.80. The molecule has 11 heteroatoms. The largest absolute Gasteiger partial charge is 0.465 e. The first kappa shape index (κ1) is 19.3. The number of nitrogens with zero attached hydrogens (tertiary/aromatic N) is 1. The summed E-state index contributed by atoms with van der Waals surface area (Å²) in [4.78, 5) is 23.8. The van der Waals surface area contributed by atoms with Crippen molar-refractivity contribution in [1.82, 2.24) is 0 Å². The van der Waals surface area contributed by atoms with Crippen LogP contribution in [0, 0.1) is 0 Å². The zero-order valence-corrected chi connectivity index (χ0v) is 15.8. The second-order valence-electron chi connectivity index (χ2n) is 5.83. The fraction of sp³-hybridized carbons (Fsp3) is 0.125. The molecule has 1 atom stereocenters. The highest BCUT2D eigenvalue weighted by molar-refractivity contribution is 7.92. The lowest BCUT2D eigenvalue weighted by atomic mass is 10.0. The lowest BCUT2D eigenvalue weighted by Gasteiger charge is -2.13. The van der Waals surface area contributed by atoms with Crippen LogP contribution in [0.25, 0.3) is 0 Å². The summed E-state index contributed by atoms with van der Waals surface area (Å²) in [6.45, 7) is -0.125. The van der Waals surface area contributed by atoms with E-state index in [1.165, 1.54) is 36.4 Å². The van der Waals surface area contributed by atoms with E-state index in [-0.39, 0.29) is 32.9 Å². The molecule has 2 amide bonds. The number of carboxylic acid groups (broad SMARTS) is 1. The van der Waals surface area contributed by atoms with Crippen molar-refractivity contribution in [3.8, 4) is 0 Å². The SMILES string of the molecule is NC(=O)C1CN(C(=O)O)c2ccc(NS(=O)(=O)c3cc(Cl)cc(Cl)c3)cc21. The van der Waals surface area contributed by atoms with Crippen LogP contribution in [0.2, 0.25) is 10.0 Å². The van der Waals surface area contributed by atoms with Gasteiger partial charge in [0, 0.05) is 22.3 Å². The monoisotopic (exact) mass is 429 g/mol. The maximum absolute atomic E-state index is 12.6. The summed E-state index contributed by atoms with van der Waals surface area (Å²) < 4.78 is 27.5. The van der Waals surface area contributed by atoms with E-state index in [1.54, 1.807) is 0 Å². The minimum Gasteiger partial charge on any atom is -0.465 e. The van der Waals surface area contributed by atoms with Crippen molar-refractivity contribution in [2.45, 2.75) is 10.8 Å². The molecule has 2 aromatic rings. The summed E-state index contributed by atoms with van der Waals surface area (Å²) >= 11 is 11.7. The van der Waals surface area contributed by atoms with Crippen molar-refractivity contribution in [3.05, 3.63) is 52.0 Å². The van der Waals surface area contributed by atoms with E-state index < -0.39 is 27.9 Å². The van der Waals surface area contributed by atoms with Gasteiger partial charge in [-0.25, -0.2) is 13.2 Å². The molecule has 0 aliphatic carbocycles. The van der Waals surface area contributed by atoms with Crippen LogP contribution in [0.5, 0.6) is 0 Å². The molecule has 0 radical (unpaired) electrons. The van der Waals surface area contributed by atoms with Crippen molar-refractivity contribution >= 4 is 56.6 Å². The van der Waals surface area contributed by atoms with Crippen LogP contribution in [0.15, 0.2) is 41.3 Å². The highest BCUT2D eigenvalue weighted by Crippen LogP contribution is 2.38. The van der Waals surface area contributed by atoms with E-state index in [9.17, 15) is 23.1 Å². The molecule has 3 rings (SSSR count). The zero-order chi connectivity index (χ0) is 19.9. The van der Waals surface area contributed by atoms with Crippen LogP contribution < -0.4 is 15.4 Å². The van der Waals surface area contributed by atoms with E-state index in [0.717, 1.165) is 4.90 Å². The Labute approximate surface area is 164 Å². The topological polar surface area (TPSA) is 130 Å². The third-order valence-electron chi connectivity index (χ3n) is 4.03. The van der Waals surface area contributed by atoms with E-state index in [1.807, 2.05) is 0 Å². The summed E-state index contributed by atoms with van der Waals surface area (Å²) in [6.07, 6.45) is -1.23. The molecule has 8 nitrogen and oxygen atoms in total. The van der Waals surface area contributed by atoms with Gasteiger partial charge in [-0.2, -0.15) is 0 Å². The summed E-state index contributed by atoms with van der Waals surface area (Å²) in [5, 5.41) is 9.56. The molecule has 0 saturated heterocycles. The van der Waals surface area contributed by atoms with Gasteiger partial charge >= 0.3 is 6.09 Å². The summed E-state index contributed by atoms with van der Waals surface area (Å²) in [5.41, 5.74) is 6.10. The smallest absolute Gasteiger partial charge is 0.411 e. The quantitative estimate of drug-likeness (QED) is 0.687. The van der Waals surface area contributed by atoms with Crippen molar-refractivity contribution in [2.75, 3.05) is 16.2 Å². The van der Waals surface area contributed by atoms with Gasteiger partial charge in [0.1, 0.15) is 0 Å². The van der Waals surface area contributed by atoms with Gasteiger partial charge in [0.05, 0.1) is 16.5 Å². The number of fused-ring (bicyclic) bond motifs is 1. The van der Waals surface area contributed by atoms with E-state index in [2.05, 4.69) is 4.72 Å². The number of primary amides is 1. The standard InChI is InChI=1S/C16H13Cl2N3O5S/c17-8-3-9(18)5-11(4-8)27(25,26)20-10-1-2-14-12(6-10)13(15(19)22)7-21(14)16(23)24/h1-6,13,20H,7H2,(H2,19,22)(H,23,24). The van der Waals surface area contributed by atoms with Gasteiger partial charge < -0.3 is 10.8 Å². The lowest BCUT2D eigenvalue weighted by Crippen LogP contribution is -2.31. The molecule has 0 bridgehead atoms. The molecule has 0 spiro atoms. The van der Waals surface area contributed by atoms with Crippen LogP contribution in [0.3, 0.4) is 0 Å². The molecule has 0 aromatic heterocycles. The number of benzene rings is 2. The molecule has 0 fully saturated rings. The number of hydrogen-bond donors (Lipinski definition) is 3. The first-order valence-corrected chi connectivity index (χ1v) is 9.75. The molecule has 4 N–H and O–H groups in total. The second kappa shape index (κ2) is 6.91. The normalized spacial score (nSPS) is 16.1. The first-order valence-electron chi connectivity index (χ1n) is 7.51. The number of anilines is 2. The van der Waals surface area contributed by atoms with Crippen molar-refractivity contribution in [1.29, 1.82) is 0 Å². The maximum Gasteiger partial charge on any atom is 0.411 e. The Hall–Kier alpha value is -2.49. The number of nitrogens with one attached hydrogen (secondary N) is 1. The van der Waals surface area contributed by atoms with Crippen molar-refractivity contribution in [3.63, 3.8) is 0 Å².